The van der Waals surface area contributed by atoms with E-state index < -0.39 is 0 Å². The average molecular weight is 773 g/mol. The number of hydrogen-bond acceptors (Lipinski definition) is 0. The quantitative estimate of drug-likeness (QED) is 0.124. The van der Waals surface area contributed by atoms with Crippen molar-refractivity contribution in [2.45, 2.75) is 19.3 Å². The molecular weight excluding hydrogens is 733 g/mol. The summed E-state index contributed by atoms with van der Waals surface area (Å²) in [6, 6.07) is 77.4. The predicted molar refractivity (Wildman–Crippen MR) is 263 cm³/mol. The van der Waals surface area contributed by atoms with Crippen LogP contribution in [0.2, 0.25) is 0 Å². The predicted octanol–water partition coefficient (Wildman–Crippen LogP) is 17.1. The summed E-state index contributed by atoms with van der Waals surface area (Å²) in [6.45, 7) is 4.88. The second kappa shape index (κ2) is 12.7. The number of hydrogen-bond donors (Lipinski definition) is 0. The van der Waals surface area contributed by atoms with E-state index in [2.05, 4.69) is 220 Å². The van der Waals surface area contributed by atoms with Crippen LogP contribution in [0.5, 0.6) is 0 Å². The molecule has 0 aromatic heterocycles. The fraction of sp³-hybridized carbons (Fsp3) is 0.0492. The molecule has 0 unspecified atom stereocenters. The first-order valence-electron chi connectivity index (χ1n) is 21.5. The molecule has 0 amide bonds. The Hall–Kier alpha value is -7.54. The lowest BCUT2D eigenvalue weighted by Crippen LogP contribution is -2.15. The van der Waals surface area contributed by atoms with Gasteiger partial charge in [0.2, 0.25) is 0 Å². The lowest BCUT2D eigenvalue weighted by molar-refractivity contribution is 0.662. The minimum atomic E-state index is -0.223. The van der Waals surface area contributed by atoms with Gasteiger partial charge in [0.05, 0.1) is 0 Å². The second-order valence-corrected chi connectivity index (χ2v) is 17.5. The van der Waals surface area contributed by atoms with Crippen molar-refractivity contribution in [3.63, 3.8) is 0 Å². The van der Waals surface area contributed by atoms with Crippen LogP contribution in [0.4, 0.5) is 0 Å². The van der Waals surface area contributed by atoms with E-state index in [1.165, 1.54) is 131 Å². The van der Waals surface area contributed by atoms with Crippen LogP contribution in [-0.2, 0) is 5.41 Å². The highest BCUT2D eigenvalue weighted by molar-refractivity contribution is 6.28. The third-order valence-electron chi connectivity index (χ3n) is 14.0. The van der Waals surface area contributed by atoms with Gasteiger partial charge in [0.15, 0.2) is 0 Å². The van der Waals surface area contributed by atoms with Crippen LogP contribution in [0.25, 0.3) is 120 Å². The molecule has 0 N–H and O–H groups in total. The highest BCUT2D eigenvalue weighted by Crippen LogP contribution is 2.56. The molecule has 284 valence electrons. The summed E-state index contributed by atoms with van der Waals surface area (Å²) in [6.07, 6.45) is 0. The van der Waals surface area contributed by atoms with Gasteiger partial charge in [0.25, 0.3) is 0 Å². The lowest BCUT2D eigenvalue weighted by atomic mass is 9.78. The topological polar surface area (TPSA) is 0 Å². The Bertz CT molecular complexity index is 3790. The first-order chi connectivity index (χ1) is 30.0. The van der Waals surface area contributed by atoms with Gasteiger partial charge in [-0.25, -0.2) is 0 Å². The Morgan fingerprint density at radius 2 is 0.705 bits per heavy atom. The van der Waals surface area contributed by atoms with Crippen LogP contribution in [0.3, 0.4) is 0 Å². The monoisotopic (exact) mass is 772 g/mol. The van der Waals surface area contributed by atoms with Crippen LogP contribution < -0.4 is 0 Å². The van der Waals surface area contributed by atoms with E-state index in [9.17, 15) is 0 Å². The molecule has 0 saturated carbocycles. The molecule has 0 nitrogen and oxygen atoms in total. The smallest absolute Gasteiger partial charge is 0.0159 e. The molecule has 0 heterocycles. The largest absolute Gasteiger partial charge is 0.0616 e. The number of fused-ring (bicyclic) bond motifs is 14. The number of benzene rings is 12. The summed E-state index contributed by atoms with van der Waals surface area (Å²) in [7, 11) is 0. The third kappa shape index (κ3) is 4.88. The van der Waals surface area contributed by atoms with E-state index in [-0.39, 0.29) is 5.41 Å². The Morgan fingerprint density at radius 1 is 0.246 bits per heavy atom. The van der Waals surface area contributed by atoms with Gasteiger partial charge in [-0.2, -0.15) is 0 Å². The van der Waals surface area contributed by atoms with E-state index >= 15 is 0 Å². The minimum absolute atomic E-state index is 0.223. The molecule has 0 bridgehead atoms. The Kier molecular flexibility index (Phi) is 7.17. The molecule has 0 atom stereocenters. The average Bonchev–Trinajstić information content (AvgIpc) is 3.54. The van der Waals surface area contributed by atoms with Crippen LogP contribution in [-0.4, -0.2) is 0 Å². The van der Waals surface area contributed by atoms with Crippen molar-refractivity contribution >= 4 is 75.4 Å². The molecule has 13 rings (SSSR count). The summed E-state index contributed by atoms with van der Waals surface area (Å²) in [4.78, 5) is 0. The van der Waals surface area contributed by atoms with Crippen molar-refractivity contribution in [3.8, 4) is 44.5 Å². The number of rotatable bonds is 3. The van der Waals surface area contributed by atoms with Crippen molar-refractivity contribution < 1.29 is 0 Å². The van der Waals surface area contributed by atoms with E-state index in [1.807, 2.05) is 0 Å². The van der Waals surface area contributed by atoms with Crippen molar-refractivity contribution in [1.29, 1.82) is 0 Å². The maximum absolute atomic E-state index is 2.56. The maximum atomic E-state index is 2.56. The minimum Gasteiger partial charge on any atom is -0.0616 e. The summed E-state index contributed by atoms with van der Waals surface area (Å²) in [5, 5.41) is 18.1. The Labute approximate surface area is 355 Å². The molecule has 0 saturated heterocycles. The van der Waals surface area contributed by atoms with Crippen LogP contribution in [0.1, 0.15) is 25.0 Å². The van der Waals surface area contributed by atoms with Gasteiger partial charge in [-0.3, -0.25) is 0 Å². The van der Waals surface area contributed by atoms with Crippen molar-refractivity contribution in [1.82, 2.24) is 0 Å². The van der Waals surface area contributed by atoms with Crippen LogP contribution in [0, 0.1) is 0 Å². The first-order valence-corrected chi connectivity index (χ1v) is 21.5. The zero-order valence-corrected chi connectivity index (χ0v) is 34.1. The molecule has 0 radical (unpaired) electrons. The SMILES string of the molecule is CC1(C)c2cc3c4ccccc4c4ccccc4c3cc2-c2c1cc(-c1c3ccccc3c(-c3cccc(-c4ccc5ccccc5c4)c3)c3ccccc13)c1ccccc21. The van der Waals surface area contributed by atoms with Crippen LogP contribution in [0.15, 0.2) is 206 Å². The molecule has 1 aliphatic rings. The third-order valence-corrected chi connectivity index (χ3v) is 14.0. The van der Waals surface area contributed by atoms with Crippen LogP contribution >= 0.6 is 0 Å². The molecule has 61 heavy (non-hydrogen) atoms. The first kappa shape index (κ1) is 34.3. The van der Waals surface area contributed by atoms with Gasteiger partial charge in [0.1, 0.15) is 0 Å². The molecule has 0 fully saturated rings. The highest BCUT2D eigenvalue weighted by atomic mass is 14.4. The summed E-state index contributed by atoms with van der Waals surface area (Å²) in [5.41, 5.74) is 12.8. The van der Waals surface area contributed by atoms with Gasteiger partial charge in [-0.1, -0.05) is 190 Å². The molecule has 1 aliphatic carbocycles. The molecule has 0 spiro atoms. The van der Waals surface area contributed by atoms with Crippen molar-refractivity contribution in [3.05, 3.63) is 217 Å². The normalized spacial score (nSPS) is 13.2. The van der Waals surface area contributed by atoms with Gasteiger partial charge in [-0.15, -0.1) is 0 Å². The Morgan fingerprint density at radius 3 is 1.33 bits per heavy atom. The Balaban J connectivity index is 1.07. The van der Waals surface area contributed by atoms with Crippen molar-refractivity contribution in [2.75, 3.05) is 0 Å². The van der Waals surface area contributed by atoms with Gasteiger partial charge in [-0.05, 0) is 161 Å². The fourth-order valence-corrected chi connectivity index (χ4v) is 11.1. The second-order valence-electron chi connectivity index (χ2n) is 17.5. The van der Waals surface area contributed by atoms with Gasteiger partial charge < -0.3 is 0 Å². The van der Waals surface area contributed by atoms with E-state index in [4.69, 9.17) is 0 Å². The van der Waals surface area contributed by atoms with E-state index in [0.29, 0.717) is 0 Å². The highest BCUT2D eigenvalue weighted by Gasteiger charge is 2.38. The molecular formula is C61H40. The summed E-state index contributed by atoms with van der Waals surface area (Å²) >= 11 is 0. The van der Waals surface area contributed by atoms with E-state index in [1.54, 1.807) is 0 Å². The summed E-state index contributed by atoms with van der Waals surface area (Å²) in [5.74, 6) is 0. The molecule has 0 heteroatoms. The van der Waals surface area contributed by atoms with Gasteiger partial charge in [0, 0.05) is 5.41 Å². The summed E-state index contributed by atoms with van der Waals surface area (Å²) < 4.78 is 0. The maximum Gasteiger partial charge on any atom is 0.0159 e. The molecule has 12 aromatic rings. The van der Waals surface area contributed by atoms with Gasteiger partial charge >= 0.3 is 0 Å². The molecule has 12 aromatic carbocycles. The zero-order chi connectivity index (χ0) is 40.4. The standard InChI is InChI=1S/C61H40/c1-61(2)56-35-53-45-23-8-6-21-43(45)42-20-5-7-22-44(42)52(53)34-55(56)60-47-25-10-9-24-46(47)54(36-57(60)61)59-50-28-13-11-26-48(50)58(49-27-12-14-29-51(49)59)41-19-15-18-39(33-41)40-31-30-37-16-3-4-17-38(37)32-40/h3-36H,1-2H3. The fourth-order valence-electron chi connectivity index (χ4n) is 11.1. The van der Waals surface area contributed by atoms with E-state index in [0.717, 1.165) is 0 Å². The zero-order valence-electron chi connectivity index (χ0n) is 34.1. The van der Waals surface area contributed by atoms with Crippen molar-refractivity contribution in [2.24, 2.45) is 0 Å². The molecule has 0 aliphatic heterocycles. The lowest BCUT2D eigenvalue weighted by Gasteiger charge is -2.24.